The summed E-state index contributed by atoms with van der Waals surface area (Å²) in [7, 11) is -3.40. The Labute approximate surface area is 108 Å². The topological polar surface area (TPSA) is 66.4 Å². The zero-order valence-corrected chi connectivity index (χ0v) is 11.3. The molecule has 0 radical (unpaired) electrons. The van der Waals surface area contributed by atoms with Crippen molar-refractivity contribution >= 4 is 9.84 Å². The third-order valence-corrected chi connectivity index (χ3v) is 5.10. The van der Waals surface area contributed by atoms with Crippen LogP contribution in [-0.4, -0.2) is 38.0 Å². The third kappa shape index (κ3) is 3.10. The predicted octanol–water partition coefficient (Wildman–Crippen LogP) is 0.882. The first-order valence-corrected chi connectivity index (χ1v) is 7.85. The lowest BCUT2D eigenvalue weighted by molar-refractivity contribution is 0.157. The zero-order valence-electron chi connectivity index (χ0n) is 10.5. The van der Waals surface area contributed by atoms with E-state index in [0.29, 0.717) is 0 Å². The van der Waals surface area contributed by atoms with Crippen LogP contribution in [0, 0.1) is 6.92 Å². The molecule has 2 N–H and O–H groups in total. The molecule has 5 heteroatoms. The second-order valence-corrected chi connectivity index (χ2v) is 6.90. The van der Waals surface area contributed by atoms with Gasteiger partial charge in [0.15, 0.2) is 9.84 Å². The molecule has 0 amide bonds. The number of aliphatic hydroxyl groups excluding tert-OH is 1. The van der Waals surface area contributed by atoms with Gasteiger partial charge in [0.1, 0.15) is 0 Å². The lowest BCUT2D eigenvalue weighted by Gasteiger charge is -2.18. The normalized spacial score (nSPS) is 22.0. The summed E-state index contributed by atoms with van der Waals surface area (Å²) in [6, 6.07) is 6.64. The van der Waals surface area contributed by atoms with Gasteiger partial charge in [0.2, 0.25) is 0 Å². The smallest absolute Gasteiger partial charge is 0.180 e. The van der Waals surface area contributed by atoms with E-state index in [2.05, 4.69) is 5.32 Å². The molecule has 0 saturated carbocycles. The van der Waals surface area contributed by atoms with Crippen LogP contribution >= 0.6 is 0 Å². The van der Waals surface area contributed by atoms with Crippen molar-refractivity contribution in [3.63, 3.8) is 0 Å². The van der Waals surface area contributed by atoms with E-state index in [9.17, 15) is 13.5 Å². The van der Waals surface area contributed by atoms with Crippen LogP contribution < -0.4 is 5.32 Å². The summed E-state index contributed by atoms with van der Waals surface area (Å²) < 4.78 is 24.2. The van der Waals surface area contributed by atoms with E-state index in [4.69, 9.17) is 0 Å². The van der Waals surface area contributed by atoms with Crippen molar-refractivity contribution in [2.45, 2.75) is 36.8 Å². The molecule has 1 aliphatic rings. The summed E-state index contributed by atoms with van der Waals surface area (Å²) >= 11 is 0. The highest BCUT2D eigenvalue weighted by Gasteiger charge is 2.28. The molecule has 1 aromatic carbocycles. The van der Waals surface area contributed by atoms with Crippen molar-refractivity contribution < 1.29 is 13.5 Å². The zero-order chi connectivity index (χ0) is 13.2. The molecule has 2 rings (SSSR count). The van der Waals surface area contributed by atoms with Gasteiger partial charge in [0.25, 0.3) is 0 Å². The molecule has 1 heterocycles. The second kappa shape index (κ2) is 5.38. The Balaban J connectivity index is 2.09. The Morgan fingerprint density at radius 3 is 2.61 bits per heavy atom. The van der Waals surface area contributed by atoms with E-state index >= 15 is 0 Å². The van der Waals surface area contributed by atoms with Gasteiger partial charge in [0.05, 0.1) is 16.8 Å². The quantitative estimate of drug-likeness (QED) is 0.851. The van der Waals surface area contributed by atoms with Crippen molar-refractivity contribution in [3.8, 4) is 0 Å². The molecular weight excluding hydrogens is 250 g/mol. The molecular formula is C13H19NO3S. The van der Waals surface area contributed by atoms with E-state index in [0.717, 1.165) is 24.9 Å². The number of nitrogens with one attached hydrogen (secondary N) is 1. The fraction of sp³-hybridized carbons (Fsp3) is 0.538. The van der Waals surface area contributed by atoms with Crippen LogP contribution in [0.3, 0.4) is 0 Å². The molecule has 0 spiro atoms. The summed E-state index contributed by atoms with van der Waals surface area (Å²) in [6.45, 7) is 2.76. The van der Waals surface area contributed by atoms with Gasteiger partial charge in [-0.25, -0.2) is 8.42 Å². The largest absolute Gasteiger partial charge is 0.390 e. The van der Waals surface area contributed by atoms with Crippen LogP contribution in [0.5, 0.6) is 0 Å². The minimum absolute atomic E-state index is 0.0924. The van der Waals surface area contributed by atoms with Gasteiger partial charge in [-0.1, -0.05) is 17.7 Å². The molecule has 1 fully saturated rings. The molecule has 1 unspecified atom stereocenters. The van der Waals surface area contributed by atoms with Crippen LogP contribution in [0.15, 0.2) is 29.2 Å². The van der Waals surface area contributed by atoms with Gasteiger partial charge in [0, 0.05) is 6.04 Å². The average Bonchev–Trinajstić information content (AvgIpc) is 2.82. The summed E-state index contributed by atoms with van der Waals surface area (Å²) in [5.41, 5.74) is 1.02. The summed E-state index contributed by atoms with van der Waals surface area (Å²) in [5.74, 6) is -0.215. The highest BCUT2D eigenvalue weighted by molar-refractivity contribution is 7.91. The Hall–Kier alpha value is -0.910. The first-order valence-electron chi connectivity index (χ1n) is 6.20. The number of hydrogen-bond acceptors (Lipinski definition) is 4. The van der Waals surface area contributed by atoms with Crippen LogP contribution in [-0.2, 0) is 9.84 Å². The fourth-order valence-electron chi connectivity index (χ4n) is 2.22. The summed E-state index contributed by atoms with van der Waals surface area (Å²) in [6.07, 6.45) is 0.996. The van der Waals surface area contributed by atoms with Crippen molar-refractivity contribution in [1.29, 1.82) is 0 Å². The number of aliphatic hydroxyl groups is 1. The Morgan fingerprint density at radius 1 is 1.39 bits per heavy atom. The molecule has 4 nitrogen and oxygen atoms in total. The number of sulfone groups is 1. The number of rotatable bonds is 4. The number of aryl methyl sites for hydroxylation is 1. The maximum atomic E-state index is 12.1. The fourth-order valence-corrected chi connectivity index (χ4v) is 3.65. The standard InChI is InChI=1S/C13H19NO3S/c1-10-4-6-11(7-5-10)18(16,17)9-13(15)12-3-2-8-14-12/h4-7,12-15H,2-3,8-9H2,1H3/t12?,13-/m0/s1. The van der Waals surface area contributed by atoms with E-state index < -0.39 is 15.9 Å². The summed E-state index contributed by atoms with van der Waals surface area (Å²) in [4.78, 5) is 0.283. The highest BCUT2D eigenvalue weighted by Crippen LogP contribution is 2.16. The van der Waals surface area contributed by atoms with Gasteiger partial charge in [-0.2, -0.15) is 0 Å². The molecule has 2 atom stereocenters. The van der Waals surface area contributed by atoms with Gasteiger partial charge in [-0.15, -0.1) is 0 Å². The van der Waals surface area contributed by atoms with Crippen molar-refractivity contribution in [1.82, 2.24) is 5.32 Å². The minimum atomic E-state index is -3.40. The van der Waals surface area contributed by atoms with Crippen LogP contribution in [0.25, 0.3) is 0 Å². The van der Waals surface area contributed by atoms with Gasteiger partial charge < -0.3 is 10.4 Å². The maximum Gasteiger partial charge on any atom is 0.180 e. The highest BCUT2D eigenvalue weighted by atomic mass is 32.2. The van der Waals surface area contributed by atoms with Crippen LogP contribution in [0.1, 0.15) is 18.4 Å². The van der Waals surface area contributed by atoms with E-state index in [1.807, 2.05) is 6.92 Å². The van der Waals surface area contributed by atoms with E-state index in [-0.39, 0.29) is 16.7 Å². The minimum Gasteiger partial charge on any atom is -0.390 e. The molecule has 18 heavy (non-hydrogen) atoms. The molecule has 100 valence electrons. The molecule has 0 aliphatic carbocycles. The Morgan fingerprint density at radius 2 is 2.06 bits per heavy atom. The molecule has 1 saturated heterocycles. The second-order valence-electron chi connectivity index (χ2n) is 4.86. The molecule has 1 aliphatic heterocycles. The molecule has 0 aromatic heterocycles. The monoisotopic (exact) mass is 269 g/mol. The number of hydrogen-bond donors (Lipinski definition) is 2. The van der Waals surface area contributed by atoms with Crippen LogP contribution in [0.4, 0.5) is 0 Å². The van der Waals surface area contributed by atoms with Gasteiger partial charge in [-0.3, -0.25) is 0 Å². The SMILES string of the molecule is Cc1ccc(S(=O)(=O)C[C@H](O)C2CCCN2)cc1. The van der Waals surface area contributed by atoms with Gasteiger partial charge in [-0.05, 0) is 38.4 Å². The van der Waals surface area contributed by atoms with Crippen molar-refractivity contribution in [2.75, 3.05) is 12.3 Å². The van der Waals surface area contributed by atoms with E-state index in [1.54, 1.807) is 24.3 Å². The first-order chi connectivity index (χ1) is 8.49. The maximum absolute atomic E-state index is 12.1. The molecule has 1 aromatic rings. The molecule has 0 bridgehead atoms. The number of benzene rings is 1. The van der Waals surface area contributed by atoms with Crippen molar-refractivity contribution in [3.05, 3.63) is 29.8 Å². The summed E-state index contributed by atoms with van der Waals surface area (Å²) in [5, 5.41) is 13.1. The van der Waals surface area contributed by atoms with Gasteiger partial charge >= 0.3 is 0 Å². The van der Waals surface area contributed by atoms with Crippen LogP contribution in [0.2, 0.25) is 0 Å². The van der Waals surface area contributed by atoms with E-state index in [1.165, 1.54) is 0 Å². The Kier molecular flexibility index (Phi) is 4.04. The first kappa shape index (κ1) is 13.5. The Bertz CT molecular complexity index is 489. The lowest BCUT2D eigenvalue weighted by Crippen LogP contribution is -2.39. The predicted molar refractivity (Wildman–Crippen MR) is 70.3 cm³/mol. The average molecular weight is 269 g/mol. The van der Waals surface area contributed by atoms with Crippen molar-refractivity contribution in [2.24, 2.45) is 0 Å². The lowest BCUT2D eigenvalue weighted by atomic mass is 10.1. The third-order valence-electron chi connectivity index (χ3n) is 3.33.